The number of thiazole rings is 1. The highest BCUT2D eigenvalue weighted by Gasteiger charge is 2.17. The second kappa shape index (κ2) is 4.57. The summed E-state index contributed by atoms with van der Waals surface area (Å²) in [6.07, 6.45) is 4.21. The van der Waals surface area contributed by atoms with Gasteiger partial charge in [-0.05, 0) is 19.4 Å². The van der Waals surface area contributed by atoms with Crippen LogP contribution in [-0.2, 0) is 6.54 Å². The van der Waals surface area contributed by atoms with Crippen molar-refractivity contribution < 1.29 is 0 Å². The van der Waals surface area contributed by atoms with Crippen molar-refractivity contribution in [3.05, 3.63) is 15.5 Å². The van der Waals surface area contributed by atoms with Crippen LogP contribution in [0.4, 0.5) is 0 Å². The lowest BCUT2D eigenvalue weighted by Crippen LogP contribution is -2.42. The normalized spacial score (nSPS) is 24.0. The lowest BCUT2D eigenvalue weighted by molar-refractivity contribution is 0.203. The van der Waals surface area contributed by atoms with Gasteiger partial charge in [0.1, 0.15) is 0 Å². The van der Waals surface area contributed by atoms with E-state index in [1.54, 1.807) is 11.3 Å². The van der Waals surface area contributed by atoms with Crippen LogP contribution in [0.3, 0.4) is 0 Å². The third-order valence-corrected chi connectivity index (χ3v) is 3.55. The minimum absolute atomic E-state index is 0.340. The van der Waals surface area contributed by atoms with Gasteiger partial charge in [-0.25, -0.2) is 4.98 Å². The summed E-state index contributed by atoms with van der Waals surface area (Å²) in [4.78, 5) is 7.63. The number of aromatic nitrogens is 1. The van der Waals surface area contributed by atoms with Crippen molar-refractivity contribution in [1.82, 2.24) is 9.88 Å². The molecule has 0 saturated carbocycles. The standard InChI is InChI=1S/C9H14ClN3S/c10-9-12-4-8(14-9)6-13-3-1-2-7(11)5-13/h4,7H,1-3,5-6,11H2. The van der Waals surface area contributed by atoms with Crippen LogP contribution in [0.25, 0.3) is 0 Å². The Hall–Kier alpha value is -0.160. The highest BCUT2D eigenvalue weighted by Crippen LogP contribution is 2.20. The molecule has 0 spiro atoms. The summed E-state index contributed by atoms with van der Waals surface area (Å²) in [7, 11) is 0. The number of nitrogens with zero attached hydrogens (tertiary/aromatic N) is 2. The fourth-order valence-electron chi connectivity index (χ4n) is 1.81. The lowest BCUT2D eigenvalue weighted by Gasteiger charge is -2.29. The fraction of sp³-hybridized carbons (Fsp3) is 0.667. The SMILES string of the molecule is NC1CCCN(Cc2cnc(Cl)s2)C1. The van der Waals surface area contributed by atoms with E-state index in [2.05, 4.69) is 9.88 Å². The average molecular weight is 232 g/mol. The maximum absolute atomic E-state index is 5.90. The van der Waals surface area contributed by atoms with Gasteiger partial charge in [0.25, 0.3) is 0 Å². The van der Waals surface area contributed by atoms with E-state index >= 15 is 0 Å². The van der Waals surface area contributed by atoms with Gasteiger partial charge in [0.15, 0.2) is 4.47 Å². The molecule has 0 bridgehead atoms. The van der Waals surface area contributed by atoms with Gasteiger partial charge in [0.2, 0.25) is 0 Å². The first kappa shape index (κ1) is 10.4. The number of likely N-dealkylation sites (tertiary alicyclic amines) is 1. The maximum Gasteiger partial charge on any atom is 0.183 e. The second-order valence-corrected chi connectivity index (χ2v) is 5.41. The zero-order valence-corrected chi connectivity index (χ0v) is 9.52. The molecule has 0 radical (unpaired) electrons. The van der Waals surface area contributed by atoms with E-state index in [-0.39, 0.29) is 0 Å². The number of nitrogens with two attached hydrogens (primary N) is 1. The zero-order chi connectivity index (χ0) is 9.97. The molecule has 1 aromatic rings. The quantitative estimate of drug-likeness (QED) is 0.843. The molecule has 1 atom stereocenters. The Morgan fingerprint density at radius 1 is 1.71 bits per heavy atom. The van der Waals surface area contributed by atoms with Gasteiger partial charge in [0, 0.05) is 30.2 Å². The maximum atomic E-state index is 5.90. The van der Waals surface area contributed by atoms with Crippen molar-refractivity contribution in [2.75, 3.05) is 13.1 Å². The Morgan fingerprint density at radius 2 is 2.57 bits per heavy atom. The van der Waals surface area contributed by atoms with Gasteiger partial charge in [-0.2, -0.15) is 0 Å². The summed E-state index contributed by atoms with van der Waals surface area (Å²) < 4.78 is 0.626. The summed E-state index contributed by atoms with van der Waals surface area (Å²) in [5, 5.41) is 0. The second-order valence-electron chi connectivity index (χ2n) is 3.72. The molecule has 5 heteroatoms. The number of piperidine rings is 1. The van der Waals surface area contributed by atoms with E-state index in [9.17, 15) is 0 Å². The Labute approximate surface area is 92.9 Å². The van der Waals surface area contributed by atoms with Crippen LogP contribution >= 0.6 is 22.9 Å². The molecule has 2 rings (SSSR count). The molecule has 14 heavy (non-hydrogen) atoms. The number of halogens is 1. The Morgan fingerprint density at radius 3 is 3.21 bits per heavy atom. The summed E-state index contributed by atoms with van der Waals surface area (Å²) in [6.45, 7) is 3.08. The highest BCUT2D eigenvalue weighted by molar-refractivity contribution is 7.15. The van der Waals surface area contributed by atoms with Gasteiger partial charge in [-0.15, -0.1) is 11.3 Å². The van der Waals surface area contributed by atoms with Gasteiger partial charge in [0.05, 0.1) is 0 Å². The minimum atomic E-state index is 0.340. The van der Waals surface area contributed by atoms with Crippen LogP contribution in [-0.4, -0.2) is 29.0 Å². The molecule has 78 valence electrons. The van der Waals surface area contributed by atoms with Crippen molar-refractivity contribution in [1.29, 1.82) is 0 Å². The van der Waals surface area contributed by atoms with Crippen molar-refractivity contribution in [3.8, 4) is 0 Å². The average Bonchev–Trinajstić information content (AvgIpc) is 2.51. The lowest BCUT2D eigenvalue weighted by atomic mass is 10.1. The highest BCUT2D eigenvalue weighted by atomic mass is 35.5. The van der Waals surface area contributed by atoms with E-state index in [4.69, 9.17) is 17.3 Å². The molecule has 0 amide bonds. The molecule has 1 fully saturated rings. The van der Waals surface area contributed by atoms with Crippen LogP contribution in [0.1, 0.15) is 17.7 Å². The minimum Gasteiger partial charge on any atom is -0.327 e. The predicted molar refractivity (Wildman–Crippen MR) is 59.6 cm³/mol. The Balaban J connectivity index is 1.90. The first-order valence-electron chi connectivity index (χ1n) is 4.82. The van der Waals surface area contributed by atoms with Crippen LogP contribution < -0.4 is 5.73 Å². The summed E-state index contributed by atoms with van der Waals surface area (Å²) >= 11 is 7.33. The molecule has 1 aromatic heterocycles. The van der Waals surface area contributed by atoms with E-state index < -0.39 is 0 Å². The molecular weight excluding hydrogens is 218 g/mol. The van der Waals surface area contributed by atoms with Gasteiger partial charge in [-0.1, -0.05) is 11.6 Å². The topological polar surface area (TPSA) is 42.1 Å². The van der Waals surface area contributed by atoms with Crippen LogP contribution in [0.2, 0.25) is 4.47 Å². The van der Waals surface area contributed by atoms with Crippen molar-refractivity contribution in [3.63, 3.8) is 0 Å². The van der Waals surface area contributed by atoms with Gasteiger partial charge < -0.3 is 5.73 Å². The van der Waals surface area contributed by atoms with Crippen LogP contribution in [0.5, 0.6) is 0 Å². The molecule has 2 heterocycles. The molecule has 2 N–H and O–H groups in total. The van der Waals surface area contributed by atoms with E-state index in [0.717, 1.165) is 26.1 Å². The molecule has 1 aliphatic rings. The van der Waals surface area contributed by atoms with E-state index in [0.29, 0.717) is 10.5 Å². The Bertz CT molecular complexity index is 302. The summed E-state index contributed by atoms with van der Waals surface area (Å²) in [5.41, 5.74) is 5.90. The van der Waals surface area contributed by atoms with E-state index in [1.165, 1.54) is 11.3 Å². The largest absolute Gasteiger partial charge is 0.327 e. The molecule has 1 unspecified atom stereocenters. The molecule has 1 saturated heterocycles. The first-order valence-corrected chi connectivity index (χ1v) is 6.01. The first-order chi connectivity index (χ1) is 6.74. The van der Waals surface area contributed by atoms with Crippen LogP contribution in [0.15, 0.2) is 6.20 Å². The number of hydrogen-bond acceptors (Lipinski definition) is 4. The molecule has 0 aliphatic carbocycles. The van der Waals surface area contributed by atoms with E-state index in [1.807, 2.05) is 6.20 Å². The Kier molecular flexibility index (Phi) is 3.38. The zero-order valence-electron chi connectivity index (χ0n) is 7.95. The smallest absolute Gasteiger partial charge is 0.183 e. The van der Waals surface area contributed by atoms with Crippen molar-refractivity contribution in [2.24, 2.45) is 5.73 Å². The predicted octanol–water partition coefficient (Wildman–Crippen LogP) is 1.72. The van der Waals surface area contributed by atoms with Gasteiger partial charge in [-0.3, -0.25) is 4.90 Å². The molecular formula is C9H14ClN3S. The third-order valence-electron chi connectivity index (χ3n) is 2.45. The molecule has 0 aromatic carbocycles. The fourth-order valence-corrected chi connectivity index (χ4v) is 2.83. The molecule has 3 nitrogen and oxygen atoms in total. The third kappa shape index (κ3) is 2.67. The van der Waals surface area contributed by atoms with Gasteiger partial charge >= 0.3 is 0 Å². The monoisotopic (exact) mass is 231 g/mol. The van der Waals surface area contributed by atoms with Crippen LogP contribution in [0, 0.1) is 0 Å². The summed E-state index contributed by atoms with van der Waals surface area (Å²) in [5.74, 6) is 0. The summed E-state index contributed by atoms with van der Waals surface area (Å²) in [6, 6.07) is 0.340. The van der Waals surface area contributed by atoms with Crippen molar-refractivity contribution in [2.45, 2.75) is 25.4 Å². The molecule has 1 aliphatic heterocycles. The number of hydrogen-bond donors (Lipinski definition) is 1. The van der Waals surface area contributed by atoms with Crippen molar-refractivity contribution >= 4 is 22.9 Å². The number of rotatable bonds is 2.